The van der Waals surface area contributed by atoms with Crippen LogP contribution in [0.25, 0.3) is 0 Å². The summed E-state index contributed by atoms with van der Waals surface area (Å²) in [7, 11) is 0. The van der Waals surface area contributed by atoms with Crippen molar-refractivity contribution in [2.45, 2.75) is 18.4 Å². The van der Waals surface area contributed by atoms with E-state index >= 15 is 0 Å². The van der Waals surface area contributed by atoms with E-state index in [0.717, 1.165) is 14.9 Å². The number of carbonyl (C=O) groups excluding carboxylic acids is 1. The molecule has 1 fully saturated rings. The number of rotatable bonds is 1. The molecule has 0 saturated carbocycles. The summed E-state index contributed by atoms with van der Waals surface area (Å²) in [5.74, 6) is -0.00120. The fourth-order valence-corrected chi connectivity index (χ4v) is 2.46. The van der Waals surface area contributed by atoms with Crippen molar-refractivity contribution in [3.05, 3.63) is 34.3 Å². The Labute approximate surface area is 108 Å². The highest BCUT2D eigenvalue weighted by Gasteiger charge is 2.28. The molecule has 5 heteroatoms. The Morgan fingerprint density at radius 1 is 1.41 bits per heavy atom. The summed E-state index contributed by atoms with van der Waals surface area (Å²) >= 11 is 3.36. The summed E-state index contributed by atoms with van der Waals surface area (Å²) < 4.78 is 0.989. The van der Waals surface area contributed by atoms with E-state index in [9.17, 15) is 15.0 Å². The lowest BCUT2D eigenvalue weighted by Gasteiger charge is -2.37. The molecule has 17 heavy (non-hydrogen) atoms. The van der Waals surface area contributed by atoms with Gasteiger partial charge in [0.15, 0.2) is 0 Å². The molecule has 1 amide bonds. The van der Waals surface area contributed by atoms with Crippen molar-refractivity contribution in [1.29, 1.82) is 0 Å². The first-order valence-corrected chi connectivity index (χ1v) is 6.26. The van der Waals surface area contributed by atoms with E-state index in [-0.39, 0.29) is 12.5 Å². The van der Waals surface area contributed by atoms with Gasteiger partial charge in [-0.2, -0.15) is 0 Å². The van der Waals surface area contributed by atoms with Crippen LogP contribution in [0.2, 0.25) is 0 Å². The molecule has 1 N–H and O–H groups in total. The standard InChI is InChI=1S/C12H14BrNO3/c13-9-3-1-8(2-4-9)10-5-6-14(12(16)17)7-11(10)15/h1-4,10-11,15H,5-7H2,(H,16,17)/p-1. The van der Waals surface area contributed by atoms with E-state index in [2.05, 4.69) is 15.9 Å². The third-order valence-electron chi connectivity index (χ3n) is 3.14. The third-order valence-corrected chi connectivity index (χ3v) is 3.67. The van der Waals surface area contributed by atoms with Gasteiger partial charge in [-0.1, -0.05) is 28.1 Å². The molecule has 1 aromatic rings. The summed E-state index contributed by atoms with van der Waals surface area (Å²) in [6.45, 7) is 0.545. The Kier molecular flexibility index (Phi) is 3.69. The van der Waals surface area contributed by atoms with Crippen LogP contribution in [0.3, 0.4) is 0 Å². The average molecular weight is 299 g/mol. The van der Waals surface area contributed by atoms with Crippen molar-refractivity contribution in [2.75, 3.05) is 13.1 Å². The molecule has 1 saturated heterocycles. The van der Waals surface area contributed by atoms with Crippen LogP contribution in [0.1, 0.15) is 17.9 Å². The normalized spacial score (nSPS) is 24.7. The molecular formula is C12H13BrNO3-. The van der Waals surface area contributed by atoms with Crippen molar-refractivity contribution in [2.24, 2.45) is 0 Å². The van der Waals surface area contributed by atoms with Crippen LogP contribution in [-0.4, -0.2) is 35.3 Å². The van der Waals surface area contributed by atoms with Crippen LogP contribution in [0.5, 0.6) is 0 Å². The highest BCUT2D eigenvalue weighted by molar-refractivity contribution is 9.10. The number of hydrogen-bond donors (Lipinski definition) is 1. The minimum absolute atomic E-state index is 0.00120. The van der Waals surface area contributed by atoms with Crippen LogP contribution < -0.4 is 5.11 Å². The molecule has 0 aromatic heterocycles. The first-order valence-electron chi connectivity index (χ1n) is 5.47. The van der Waals surface area contributed by atoms with E-state index in [1.165, 1.54) is 0 Å². The zero-order valence-corrected chi connectivity index (χ0v) is 10.8. The third kappa shape index (κ3) is 2.79. The average Bonchev–Trinajstić information content (AvgIpc) is 2.30. The molecule has 2 atom stereocenters. The zero-order chi connectivity index (χ0) is 12.4. The fourth-order valence-electron chi connectivity index (χ4n) is 2.20. The number of aliphatic hydroxyl groups excluding tert-OH is 1. The van der Waals surface area contributed by atoms with Crippen molar-refractivity contribution >= 4 is 22.0 Å². The van der Waals surface area contributed by atoms with Gasteiger partial charge in [0.1, 0.15) is 6.09 Å². The molecule has 4 nitrogen and oxygen atoms in total. The fraction of sp³-hybridized carbons (Fsp3) is 0.417. The van der Waals surface area contributed by atoms with Gasteiger partial charge in [-0.3, -0.25) is 0 Å². The van der Waals surface area contributed by atoms with E-state index in [1.54, 1.807) is 0 Å². The summed E-state index contributed by atoms with van der Waals surface area (Å²) in [6.07, 6.45) is -1.25. The molecule has 1 heterocycles. The summed E-state index contributed by atoms with van der Waals surface area (Å²) in [4.78, 5) is 11.8. The molecule has 1 aliphatic rings. The maximum Gasteiger partial charge on any atom is 0.137 e. The Balaban J connectivity index is 2.09. The smallest absolute Gasteiger partial charge is 0.137 e. The van der Waals surface area contributed by atoms with E-state index in [0.29, 0.717) is 13.0 Å². The van der Waals surface area contributed by atoms with Crippen molar-refractivity contribution < 1.29 is 15.0 Å². The summed E-state index contributed by atoms with van der Waals surface area (Å²) in [5, 5.41) is 20.7. The van der Waals surface area contributed by atoms with Gasteiger partial charge in [0, 0.05) is 23.5 Å². The Bertz CT molecular complexity index is 407. The van der Waals surface area contributed by atoms with Crippen LogP contribution in [0.4, 0.5) is 4.79 Å². The van der Waals surface area contributed by atoms with Gasteiger partial charge in [-0.25, -0.2) is 0 Å². The van der Waals surface area contributed by atoms with Gasteiger partial charge in [-0.15, -0.1) is 0 Å². The zero-order valence-electron chi connectivity index (χ0n) is 9.17. The van der Waals surface area contributed by atoms with Gasteiger partial charge in [0.2, 0.25) is 0 Å². The first kappa shape index (κ1) is 12.4. The Morgan fingerprint density at radius 2 is 2.06 bits per heavy atom. The first-order chi connectivity index (χ1) is 8.08. The van der Waals surface area contributed by atoms with Crippen LogP contribution >= 0.6 is 15.9 Å². The van der Waals surface area contributed by atoms with E-state index in [4.69, 9.17) is 0 Å². The van der Waals surface area contributed by atoms with Gasteiger partial charge in [-0.05, 0) is 24.1 Å². The van der Waals surface area contributed by atoms with Crippen LogP contribution in [0.15, 0.2) is 28.7 Å². The van der Waals surface area contributed by atoms with Crippen molar-refractivity contribution in [3.8, 4) is 0 Å². The minimum Gasteiger partial charge on any atom is -0.530 e. The molecule has 0 aliphatic carbocycles. The molecule has 0 spiro atoms. The highest BCUT2D eigenvalue weighted by atomic mass is 79.9. The number of halogens is 1. The van der Waals surface area contributed by atoms with E-state index in [1.807, 2.05) is 24.3 Å². The van der Waals surface area contributed by atoms with Crippen molar-refractivity contribution in [3.63, 3.8) is 0 Å². The lowest BCUT2D eigenvalue weighted by molar-refractivity contribution is -0.268. The van der Waals surface area contributed by atoms with Gasteiger partial charge < -0.3 is 19.9 Å². The van der Waals surface area contributed by atoms with E-state index < -0.39 is 12.2 Å². The predicted molar refractivity (Wildman–Crippen MR) is 64.5 cm³/mol. The molecule has 0 radical (unpaired) electrons. The number of piperidine rings is 1. The van der Waals surface area contributed by atoms with Crippen molar-refractivity contribution in [1.82, 2.24) is 4.90 Å². The number of carboxylic acid groups (broad SMARTS) is 1. The number of nitrogens with zero attached hydrogens (tertiary/aromatic N) is 1. The highest BCUT2D eigenvalue weighted by Crippen LogP contribution is 2.29. The predicted octanol–water partition coefficient (Wildman–Crippen LogP) is 0.943. The monoisotopic (exact) mass is 298 g/mol. The van der Waals surface area contributed by atoms with Gasteiger partial charge in [0.05, 0.1) is 6.10 Å². The largest absolute Gasteiger partial charge is 0.530 e. The van der Waals surface area contributed by atoms with Gasteiger partial charge in [0.25, 0.3) is 0 Å². The quantitative estimate of drug-likeness (QED) is 0.839. The maximum atomic E-state index is 10.7. The second-order valence-corrected chi connectivity index (χ2v) is 5.14. The molecule has 2 rings (SSSR count). The minimum atomic E-state index is -1.21. The van der Waals surface area contributed by atoms with Crippen LogP contribution in [0, 0.1) is 0 Å². The summed E-state index contributed by atoms with van der Waals surface area (Å²) in [5.41, 5.74) is 1.04. The Morgan fingerprint density at radius 3 is 2.59 bits per heavy atom. The lowest BCUT2D eigenvalue weighted by atomic mass is 9.87. The number of carbonyl (C=O) groups is 1. The van der Waals surface area contributed by atoms with Crippen LogP contribution in [-0.2, 0) is 0 Å². The molecule has 92 valence electrons. The Hall–Kier alpha value is -1.07. The number of hydrogen-bond acceptors (Lipinski definition) is 3. The number of likely N-dealkylation sites (tertiary alicyclic amines) is 1. The number of amides is 1. The molecule has 2 unspecified atom stereocenters. The lowest BCUT2D eigenvalue weighted by Crippen LogP contribution is -2.50. The second-order valence-electron chi connectivity index (χ2n) is 4.23. The second kappa shape index (κ2) is 5.06. The molecular weight excluding hydrogens is 286 g/mol. The number of β-amino-alcohol motifs (C(OH)–C–C–N with tert-alkyl or cyclic N) is 1. The molecule has 1 aromatic carbocycles. The number of aliphatic hydroxyl groups is 1. The topological polar surface area (TPSA) is 63.6 Å². The SMILES string of the molecule is O=C([O-])N1CCC(c2ccc(Br)cc2)C(O)C1. The summed E-state index contributed by atoms with van der Waals surface area (Å²) in [6, 6.07) is 7.75. The maximum absolute atomic E-state index is 10.7. The molecule has 0 bridgehead atoms. The molecule has 1 aliphatic heterocycles. The number of benzene rings is 1. The van der Waals surface area contributed by atoms with Gasteiger partial charge >= 0.3 is 0 Å².